The molecule has 3 aromatic heterocycles. The molecule has 0 spiro atoms. The third-order valence-electron chi connectivity index (χ3n) is 4.53. The van der Waals surface area contributed by atoms with Gasteiger partial charge < -0.3 is 0 Å². The van der Waals surface area contributed by atoms with Crippen LogP contribution in [0, 0.1) is 5.41 Å². The summed E-state index contributed by atoms with van der Waals surface area (Å²) in [5, 5.41) is 7.71. The highest BCUT2D eigenvalue weighted by Crippen LogP contribution is 2.41. The molecule has 1 aliphatic rings. The number of rotatable bonds is 2. The molecule has 5 nitrogen and oxygen atoms in total. The second kappa shape index (κ2) is 3.91. The SMILES string of the molecule is CCC1(C)Cc2[nH]nc(-c3cnc4nccn4c3)c2C1. The van der Waals surface area contributed by atoms with Gasteiger partial charge in [0.1, 0.15) is 0 Å². The van der Waals surface area contributed by atoms with Crippen LogP contribution in [-0.4, -0.2) is 24.6 Å². The van der Waals surface area contributed by atoms with Gasteiger partial charge in [-0.25, -0.2) is 9.97 Å². The Kier molecular flexibility index (Phi) is 2.28. The normalized spacial score (nSPS) is 21.5. The maximum absolute atomic E-state index is 4.50. The van der Waals surface area contributed by atoms with Crippen LogP contribution in [0.25, 0.3) is 17.0 Å². The lowest BCUT2D eigenvalue weighted by Gasteiger charge is -2.20. The first kappa shape index (κ1) is 11.6. The lowest BCUT2D eigenvalue weighted by atomic mass is 9.84. The van der Waals surface area contributed by atoms with Gasteiger partial charge >= 0.3 is 0 Å². The van der Waals surface area contributed by atoms with E-state index in [-0.39, 0.29) is 0 Å². The van der Waals surface area contributed by atoms with E-state index in [0.717, 1.165) is 29.9 Å². The highest BCUT2D eigenvalue weighted by molar-refractivity contribution is 5.64. The molecule has 4 rings (SSSR count). The molecule has 0 aliphatic heterocycles. The van der Waals surface area contributed by atoms with Crippen molar-refractivity contribution in [3.05, 3.63) is 36.0 Å². The van der Waals surface area contributed by atoms with Gasteiger partial charge in [0.25, 0.3) is 0 Å². The number of imidazole rings is 1. The van der Waals surface area contributed by atoms with Crippen molar-refractivity contribution in [3.63, 3.8) is 0 Å². The fraction of sp³-hybridized carbons (Fsp3) is 0.400. The number of H-pyrrole nitrogens is 1. The summed E-state index contributed by atoms with van der Waals surface area (Å²) in [5.41, 5.74) is 5.10. The summed E-state index contributed by atoms with van der Waals surface area (Å²) in [6.07, 6.45) is 10.9. The Hall–Kier alpha value is -2.17. The van der Waals surface area contributed by atoms with Crippen molar-refractivity contribution in [1.29, 1.82) is 0 Å². The lowest BCUT2D eigenvalue weighted by molar-refractivity contribution is 0.329. The van der Waals surface area contributed by atoms with Gasteiger partial charge in [0.05, 0.1) is 5.69 Å². The number of aromatic amines is 1. The van der Waals surface area contributed by atoms with Crippen molar-refractivity contribution in [3.8, 4) is 11.3 Å². The smallest absolute Gasteiger partial charge is 0.233 e. The van der Waals surface area contributed by atoms with Crippen LogP contribution in [-0.2, 0) is 12.8 Å². The molecule has 0 saturated heterocycles. The van der Waals surface area contributed by atoms with E-state index in [2.05, 4.69) is 34.0 Å². The van der Waals surface area contributed by atoms with E-state index < -0.39 is 0 Å². The Morgan fingerprint density at radius 1 is 1.35 bits per heavy atom. The van der Waals surface area contributed by atoms with Gasteiger partial charge in [-0.2, -0.15) is 5.10 Å². The molecular formula is C15H17N5. The molecule has 102 valence electrons. The Labute approximate surface area is 117 Å². The number of nitrogens with one attached hydrogen (secondary N) is 1. The average molecular weight is 267 g/mol. The molecule has 3 aromatic rings. The first-order valence-electron chi connectivity index (χ1n) is 7.04. The second-order valence-electron chi connectivity index (χ2n) is 6.02. The maximum Gasteiger partial charge on any atom is 0.233 e. The molecule has 1 atom stereocenters. The average Bonchev–Trinajstić information content (AvgIpc) is 3.11. The van der Waals surface area contributed by atoms with Gasteiger partial charge in [0, 0.05) is 41.6 Å². The molecule has 0 radical (unpaired) electrons. The first-order valence-corrected chi connectivity index (χ1v) is 7.04. The largest absolute Gasteiger partial charge is 0.291 e. The molecule has 0 saturated carbocycles. The zero-order valence-corrected chi connectivity index (χ0v) is 11.7. The Balaban J connectivity index is 1.81. The molecule has 20 heavy (non-hydrogen) atoms. The highest BCUT2D eigenvalue weighted by Gasteiger charge is 2.35. The quantitative estimate of drug-likeness (QED) is 0.776. The summed E-state index contributed by atoms with van der Waals surface area (Å²) in [7, 11) is 0. The third kappa shape index (κ3) is 1.59. The minimum absolute atomic E-state index is 0.366. The van der Waals surface area contributed by atoms with Gasteiger partial charge in [-0.15, -0.1) is 0 Å². The van der Waals surface area contributed by atoms with Gasteiger partial charge in [-0.1, -0.05) is 20.3 Å². The van der Waals surface area contributed by atoms with Crippen LogP contribution in [0.4, 0.5) is 0 Å². The standard InChI is InChI=1S/C15H17N5/c1-3-15(2)6-11-12(7-15)18-19-13(11)10-8-17-14-16-4-5-20(14)9-10/h4-5,8-9H,3,6-7H2,1-2H3,(H,18,19). The summed E-state index contributed by atoms with van der Waals surface area (Å²) in [6.45, 7) is 4.61. The highest BCUT2D eigenvalue weighted by atomic mass is 15.1. The fourth-order valence-corrected chi connectivity index (χ4v) is 3.08. The second-order valence-corrected chi connectivity index (χ2v) is 6.02. The molecule has 1 aliphatic carbocycles. The van der Waals surface area contributed by atoms with Crippen molar-refractivity contribution >= 4 is 5.78 Å². The molecule has 1 N–H and O–H groups in total. The van der Waals surface area contributed by atoms with Crippen LogP contribution in [0.15, 0.2) is 24.8 Å². The lowest BCUT2D eigenvalue weighted by Crippen LogP contribution is -2.15. The van der Waals surface area contributed by atoms with Gasteiger partial charge in [0.2, 0.25) is 5.78 Å². The number of fused-ring (bicyclic) bond motifs is 2. The first-order chi connectivity index (χ1) is 9.68. The number of hydrogen-bond donors (Lipinski definition) is 1. The Bertz CT molecular complexity index is 785. The summed E-state index contributed by atoms with van der Waals surface area (Å²) < 4.78 is 1.93. The predicted octanol–water partition coefficient (Wildman–Crippen LogP) is 2.63. The van der Waals surface area contributed by atoms with E-state index in [0.29, 0.717) is 5.41 Å². The minimum Gasteiger partial charge on any atom is -0.291 e. The molecule has 0 fully saturated rings. The molecule has 5 heteroatoms. The number of aromatic nitrogens is 5. The van der Waals surface area contributed by atoms with Gasteiger partial charge in [-0.05, 0) is 18.3 Å². The summed E-state index contributed by atoms with van der Waals surface area (Å²) in [5.74, 6) is 0.722. The van der Waals surface area contributed by atoms with Crippen LogP contribution in [0.1, 0.15) is 31.5 Å². The molecule has 3 heterocycles. The molecule has 0 amide bonds. The van der Waals surface area contributed by atoms with Crippen LogP contribution >= 0.6 is 0 Å². The Morgan fingerprint density at radius 3 is 3.10 bits per heavy atom. The van der Waals surface area contributed by atoms with Crippen molar-refractivity contribution in [1.82, 2.24) is 24.6 Å². The van der Waals surface area contributed by atoms with E-state index in [9.17, 15) is 0 Å². The van der Waals surface area contributed by atoms with E-state index in [1.165, 1.54) is 17.7 Å². The molecule has 1 unspecified atom stereocenters. The predicted molar refractivity (Wildman–Crippen MR) is 76.4 cm³/mol. The van der Waals surface area contributed by atoms with Gasteiger partial charge in [-0.3, -0.25) is 9.50 Å². The van der Waals surface area contributed by atoms with E-state index in [4.69, 9.17) is 0 Å². The summed E-state index contributed by atoms with van der Waals surface area (Å²) in [4.78, 5) is 8.55. The fourth-order valence-electron chi connectivity index (χ4n) is 3.08. The third-order valence-corrected chi connectivity index (χ3v) is 4.53. The van der Waals surface area contributed by atoms with E-state index in [1.54, 1.807) is 6.20 Å². The van der Waals surface area contributed by atoms with Crippen molar-refractivity contribution < 1.29 is 0 Å². The van der Waals surface area contributed by atoms with Crippen LogP contribution in [0.3, 0.4) is 0 Å². The van der Waals surface area contributed by atoms with Crippen molar-refractivity contribution in [2.45, 2.75) is 33.1 Å². The van der Waals surface area contributed by atoms with Crippen LogP contribution in [0.5, 0.6) is 0 Å². The van der Waals surface area contributed by atoms with Crippen molar-refractivity contribution in [2.24, 2.45) is 5.41 Å². The molecular weight excluding hydrogens is 250 g/mol. The monoisotopic (exact) mass is 267 g/mol. The number of hydrogen-bond acceptors (Lipinski definition) is 3. The van der Waals surface area contributed by atoms with Crippen LogP contribution < -0.4 is 0 Å². The zero-order chi connectivity index (χ0) is 13.7. The van der Waals surface area contributed by atoms with Gasteiger partial charge in [0.15, 0.2) is 0 Å². The summed E-state index contributed by atoms with van der Waals surface area (Å²) >= 11 is 0. The van der Waals surface area contributed by atoms with Crippen molar-refractivity contribution in [2.75, 3.05) is 0 Å². The zero-order valence-electron chi connectivity index (χ0n) is 11.7. The molecule has 0 aromatic carbocycles. The molecule has 0 bridgehead atoms. The topological polar surface area (TPSA) is 58.9 Å². The summed E-state index contributed by atoms with van der Waals surface area (Å²) in [6, 6.07) is 0. The van der Waals surface area contributed by atoms with Crippen LogP contribution in [0.2, 0.25) is 0 Å². The Morgan fingerprint density at radius 2 is 2.25 bits per heavy atom. The van der Waals surface area contributed by atoms with E-state index in [1.807, 2.05) is 23.0 Å². The van der Waals surface area contributed by atoms with E-state index >= 15 is 0 Å². The number of nitrogens with zero attached hydrogens (tertiary/aromatic N) is 4. The minimum atomic E-state index is 0.366. The maximum atomic E-state index is 4.50.